The average molecular weight is 204 g/mol. The second-order valence-electron chi connectivity index (χ2n) is 4.10. The Balaban J connectivity index is 2.27. The molecule has 80 valence electrons. The number of rotatable bonds is 2. The first-order chi connectivity index (χ1) is 7.18. The molecule has 3 heteroatoms. The Hall–Kier alpha value is -1.38. The molecule has 1 heterocycles. The van der Waals surface area contributed by atoms with Gasteiger partial charge in [0.25, 0.3) is 0 Å². The van der Waals surface area contributed by atoms with Crippen molar-refractivity contribution in [2.24, 2.45) is 7.05 Å². The summed E-state index contributed by atoms with van der Waals surface area (Å²) in [6.07, 6.45) is 6.38. The minimum absolute atomic E-state index is 0.151. The first-order valence-electron chi connectivity index (χ1n) is 5.43. The number of hydrogen-bond acceptors (Lipinski definition) is 2. The fourth-order valence-electron chi connectivity index (χ4n) is 2.03. The number of carbonyl (C=O) groups excluding carboxylic acids is 1. The van der Waals surface area contributed by atoms with Crippen molar-refractivity contribution in [3.8, 4) is 0 Å². The van der Waals surface area contributed by atoms with E-state index in [2.05, 4.69) is 11.2 Å². The highest BCUT2D eigenvalue weighted by atomic mass is 16.1. The van der Waals surface area contributed by atoms with Crippen LogP contribution in [0.3, 0.4) is 0 Å². The van der Waals surface area contributed by atoms with Gasteiger partial charge in [-0.2, -0.15) is 5.10 Å². The molecule has 0 atom stereocenters. The first-order valence-corrected chi connectivity index (χ1v) is 5.43. The lowest BCUT2D eigenvalue weighted by atomic mass is 9.95. The van der Waals surface area contributed by atoms with Crippen LogP contribution in [0.25, 0.3) is 0 Å². The number of Topliss-reactive ketones (excluding diaryl/α,β-unsaturated/α-hetero) is 1. The molecule has 0 saturated carbocycles. The largest absolute Gasteiger partial charge is 0.287 e. The van der Waals surface area contributed by atoms with Gasteiger partial charge in [-0.25, -0.2) is 0 Å². The van der Waals surface area contributed by atoms with Crippen LogP contribution in [0.1, 0.15) is 41.9 Å². The van der Waals surface area contributed by atoms with Crippen LogP contribution >= 0.6 is 0 Å². The average Bonchev–Trinajstić information content (AvgIpc) is 2.58. The monoisotopic (exact) mass is 204 g/mol. The minimum atomic E-state index is 0.151. The fourth-order valence-corrected chi connectivity index (χ4v) is 2.03. The maximum Gasteiger partial charge on any atom is 0.206 e. The lowest BCUT2D eigenvalue weighted by molar-refractivity contribution is 0.102. The summed E-state index contributed by atoms with van der Waals surface area (Å²) >= 11 is 0. The summed E-state index contributed by atoms with van der Waals surface area (Å²) in [5.41, 5.74) is 2.57. The molecule has 0 aromatic carbocycles. The Labute approximate surface area is 89.8 Å². The van der Waals surface area contributed by atoms with Crippen LogP contribution in [0.5, 0.6) is 0 Å². The van der Waals surface area contributed by atoms with Crippen molar-refractivity contribution in [3.63, 3.8) is 0 Å². The molecule has 0 bridgehead atoms. The minimum Gasteiger partial charge on any atom is -0.287 e. The lowest BCUT2D eigenvalue weighted by Crippen LogP contribution is -2.11. The molecule has 0 aliphatic heterocycles. The summed E-state index contributed by atoms with van der Waals surface area (Å²) in [5.74, 6) is 0.151. The van der Waals surface area contributed by atoms with Gasteiger partial charge in [0.1, 0.15) is 5.69 Å². The van der Waals surface area contributed by atoms with Gasteiger partial charge in [0.05, 0.1) is 5.69 Å². The number of allylic oxidation sites excluding steroid dienone is 2. The van der Waals surface area contributed by atoms with Crippen molar-refractivity contribution in [3.05, 3.63) is 29.1 Å². The summed E-state index contributed by atoms with van der Waals surface area (Å²) in [7, 11) is 1.82. The van der Waals surface area contributed by atoms with Gasteiger partial charge in [0.2, 0.25) is 5.78 Å². The standard InChI is InChI=1S/C12H16N2O/c1-9-8-11(14(2)13-9)12(15)10-6-4-3-5-7-10/h6,8H,3-5,7H2,1-2H3. The number of carbonyl (C=O) groups is 1. The Bertz CT molecular complexity index is 415. The van der Waals surface area contributed by atoms with Crippen molar-refractivity contribution < 1.29 is 4.79 Å². The fraction of sp³-hybridized carbons (Fsp3) is 0.500. The van der Waals surface area contributed by atoms with E-state index < -0.39 is 0 Å². The van der Waals surface area contributed by atoms with Gasteiger partial charge in [0, 0.05) is 7.05 Å². The van der Waals surface area contributed by atoms with Gasteiger partial charge in [-0.1, -0.05) is 6.08 Å². The Morgan fingerprint density at radius 1 is 1.47 bits per heavy atom. The SMILES string of the molecule is Cc1cc(C(=O)C2=CCCCC2)n(C)n1. The molecule has 1 aromatic heterocycles. The summed E-state index contributed by atoms with van der Waals surface area (Å²) in [6, 6.07) is 1.86. The Kier molecular flexibility index (Phi) is 2.71. The first kappa shape index (κ1) is 10.1. The number of aromatic nitrogens is 2. The summed E-state index contributed by atoms with van der Waals surface area (Å²) in [5, 5.41) is 4.20. The molecule has 0 fully saturated rings. The van der Waals surface area contributed by atoms with Crippen molar-refractivity contribution in [1.29, 1.82) is 0 Å². The number of ketones is 1. The quantitative estimate of drug-likeness (QED) is 0.693. The topological polar surface area (TPSA) is 34.9 Å². The highest BCUT2D eigenvalue weighted by molar-refractivity contribution is 6.07. The molecule has 3 nitrogen and oxygen atoms in total. The molecule has 2 rings (SSSR count). The number of hydrogen-bond donors (Lipinski definition) is 0. The van der Waals surface area contributed by atoms with Gasteiger partial charge in [-0.15, -0.1) is 0 Å². The van der Waals surface area contributed by atoms with Crippen molar-refractivity contribution in [2.45, 2.75) is 32.6 Å². The molecule has 1 aliphatic carbocycles. The molecule has 0 radical (unpaired) electrons. The Morgan fingerprint density at radius 3 is 2.80 bits per heavy atom. The molecule has 0 saturated heterocycles. The molecule has 0 unspecified atom stereocenters. The van der Waals surface area contributed by atoms with Crippen LogP contribution in [0, 0.1) is 6.92 Å². The third-order valence-electron chi connectivity index (χ3n) is 2.82. The predicted octanol–water partition coefficient (Wildman–Crippen LogP) is 2.41. The molecular formula is C12H16N2O. The number of nitrogens with zero attached hydrogens (tertiary/aromatic N) is 2. The molecule has 0 N–H and O–H groups in total. The zero-order chi connectivity index (χ0) is 10.8. The normalized spacial score (nSPS) is 16.3. The van der Waals surface area contributed by atoms with Crippen LogP contribution < -0.4 is 0 Å². The van der Waals surface area contributed by atoms with E-state index in [1.807, 2.05) is 20.0 Å². The van der Waals surface area contributed by atoms with Crippen LogP contribution in [0.15, 0.2) is 17.7 Å². The molecule has 15 heavy (non-hydrogen) atoms. The summed E-state index contributed by atoms with van der Waals surface area (Å²) in [4.78, 5) is 12.1. The van der Waals surface area contributed by atoms with Crippen LogP contribution in [0.4, 0.5) is 0 Å². The smallest absolute Gasteiger partial charge is 0.206 e. The number of aryl methyl sites for hydroxylation is 2. The van der Waals surface area contributed by atoms with Crippen molar-refractivity contribution in [1.82, 2.24) is 9.78 Å². The van der Waals surface area contributed by atoms with E-state index in [4.69, 9.17) is 0 Å². The van der Waals surface area contributed by atoms with E-state index in [0.717, 1.165) is 30.5 Å². The van der Waals surface area contributed by atoms with Crippen LogP contribution in [0.2, 0.25) is 0 Å². The van der Waals surface area contributed by atoms with Crippen molar-refractivity contribution in [2.75, 3.05) is 0 Å². The zero-order valence-electron chi connectivity index (χ0n) is 9.29. The van der Waals surface area contributed by atoms with Crippen molar-refractivity contribution >= 4 is 5.78 Å². The maximum atomic E-state index is 12.1. The van der Waals surface area contributed by atoms with E-state index in [1.54, 1.807) is 4.68 Å². The second kappa shape index (κ2) is 4.01. The van der Waals surface area contributed by atoms with Crippen LogP contribution in [-0.2, 0) is 7.05 Å². The van der Waals surface area contributed by atoms with E-state index in [0.29, 0.717) is 5.69 Å². The molecular weight excluding hydrogens is 188 g/mol. The highest BCUT2D eigenvalue weighted by Gasteiger charge is 2.17. The van der Waals surface area contributed by atoms with E-state index in [-0.39, 0.29) is 5.78 Å². The van der Waals surface area contributed by atoms with Gasteiger partial charge in [-0.3, -0.25) is 9.48 Å². The second-order valence-corrected chi connectivity index (χ2v) is 4.10. The highest BCUT2D eigenvalue weighted by Crippen LogP contribution is 2.21. The predicted molar refractivity (Wildman–Crippen MR) is 58.8 cm³/mol. The van der Waals surface area contributed by atoms with E-state index >= 15 is 0 Å². The third-order valence-corrected chi connectivity index (χ3v) is 2.82. The summed E-state index contributed by atoms with van der Waals surface area (Å²) < 4.78 is 1.67. The van der Waals surface area contributed by atoms with Gasteiger partial charge >= 0.3 is 0 Å². The van der Waals surface area contributed by atoms with Gasteiger partial charge < -0.3 is 0 Å². The molecule has 1 aliphatic rings. The van der Waals surface area contributed by atoms with Gasteiger partial charge in [-0.05, 0) is 44.2 Å². The van der Waals surface area contributed by atoms with E-state index in [1.165, 1.54) is 6.42 Å². The van der Waals surface area contributed by atoms with Crippen LogP contribution in [-0.4, -0.2) is 15.6 Å². The zero-order valence-corrected chi connectivity index (χ0v) is 9.29. The summed E-state index contributed by atoms with van der Waals surface area (Å²) in [6.45, 7) is 1.91. The third kappa shape index (κ3) is 2.01. The van der Waals surface area contributed by atoms with E-state index in [9.17, 15) is 4.79 Å². The molecule has 1 aromatic rings. The molecule has 0 spiro atoms. The van der Waals surface area contributed by atoms with Gasteiger partial charge in [0.15, 0.2) is 0 Å². The Morgan fingerprint density at radius 2 is 2.27 bits per heavy atom. The molecule has 0 amide bonds. The lowest BCUT2D eigenvalue weighted by Gasteiger charge is -2.11. The maximum absolute atomic E-state index is 12.1.